The zero-order chi connectivity index (χ0) is 16.2. The van der Waals surface area contributed by atoms with E-state index >= 15 is 0 Å². The Kier molecular flexibility index (Phi) is 3.95. The van der Waals surface area contributed by atoms with Gasteiger partial charge in [0.2, 0.25) is 0 Å². The molecule has 0 saturated heterocycles. The van der Waals surface area contributed by atoms with Gasteiger partial charge in [-0.25, -0.2) is 0 Å². The summed E-state index contributed by atoms with van der Waals surface area (Å²) < 4.78 is 0. The van der Waals surface area contributed by atoms with Crippen molar-refractivity contribution >= 4 is 22.9 Å². The molecule has 0 unspecified atom stereocenters. The molecule has 0 bridgehead atoms. The van der Waals surface area contributed by atoms with Gasteiger partial charge in [-0.3, -0.25) is 0 Å². The van der Waals surface area contributed by atoms with Gasteiger partial charge in [-0.2, -0.15) is 0 Å². The molecule has 0 aliphatic carbocycles. The van der Waals surface area contributed by atoms with Crippen LogP contribution in [0.15, 0.2) is 97.1 Å². The van der Waals surface area contributed by atoms with Crippen molar-refractivity contribution in [3.05, 3.63) is 108 Å². The molecule has 0 heterocycles. The summed E-state index contributed by atoms with van der Waals surface area (Å²) in [6.07, 6.45) is 4.37. The number of hydrogen-bond donors (Lipinski definition) is 0. The van der Waals surface area contributed by atoms with E-state index in [1.807, 2.05) is 6.07 Å². The maximum atomic E-state index is 2.22. The standard InChI is InChI=1S/C24H18/c1-3-9-19(10-4-1)15-16-21-17-18-23(20-11-5-2-6-12-20)24-14-8-7-13-22(21)24/h1-18H. The molecule has 0 radical (unpaired) electrons. The van der Waals surface area contributed by atoms with Gasteiger partial charge in [-0.15, -0.1) is 0 Å². The summed E-state index contributed by atoms with van der Waals surface area (Å²) in [5.74, 6) is 0. The molecule has 4 aromatic rings. The molecule has 0 heteroatoms. The Hall–Kier alpha value is -3.12. The van der Waals surface area contributed by atoms with Crippen LogP contribution in [0.3, 0.4) is 0 Å². The third kappa shape index (κ3) is 2.87. The third-order valence-corrected chi connectivity index (χ3v) is 4.30. The number of benzene rings is 4. The lowest BCUT2D eigenvalue weighted by atomic mass is 9.95. The van der Waals surface area contributed by atoms with E-state index in [9.17, 15) is 0 Å². The normalized spacial score (nSPS) is 11.2. The van der Waals surface area contributed by atoms with Gasteiger partial charge < -0.3 is 0 Å². The Morgan fingerprint density at radius 3 is 1.83 bits per heavy atom. The van der Waals surface area contributed by atoms with Crippen molar-refractivity contribution in [3.8, 4) is 11.1 Å². The summed E-state index contributed by atoms with van der Waals surface area (Å²) in [6.45, 7) is 0. The van der Waals surface area contributed by atoms with Crippen LogP contribution in [-0.4, -0.2) is 0 Å². The highest BCUT2D eigenvalue weighted by Gasteiger charge is 2.05. The molecule has 0 nitrogen and oxygen atoms in total. The molecule has 4 rings (SSSR count). The Labute approximate surface area is 142 Å². The Morgan fingerprint density at radius 2 is 1.08 bits per heavy atom. The van der Waals surface area contributed by atoms with Gasteiger partial charge in [-0.05, 0) is 33.0 Å². The van der Waals surface area contributed by atoms with Crippen LogP contribution in [0.2, 0.25) is 0 Å². The minimum absolute atomic E-state index is 1.22. The quantitative estimate of drug-likeness (QED) is 0.370. The molecule has 114 valence electrons. The van der Waals surface area contributed by atoms with Gasteiger partial charge in [-0.1, -0.05) is 109 Å². The first kappa shape index (κ1) is 14.5. The first-order valence-corrected chi connectivity index (χ1v) is 8.22. The highest BCUT2D eigenvalue weighted by atomic mass is 14.1. The highest BCUT2D eigenvalue weighted by molar-refractivity contribution is 6.02. The lowest BCUT2D eigenvalue weighted by Gasteiger charge is -2.09. The molecule has 0 fully saturated rings. The Bertz CT molecular complexity index is 980. The number of rotatable bonds is 3. The van der Waals surface area contributed by atoms with E-state index in [0.717, 1.165) is 0 Å². The fourth-order valence-corrected chi connectivity index (χ4v) is 3.09. The number of hydrogen-bond acceptors (Lipinski definition) is 0. The Morgan fingerprint density at radius 1 is 0.458 bits per heavy atom. The SMILES string of the molecule is C(=Cc1ccc(-c2ccccc2)c2ccccc12)c1ccccc1. The lowest BCUT2D eigenvalue weighted by Crippen LogP contribution is -1.84. The van der Waals surface area contributed by atoms with Gasteiger partial charge in [0.05, 0.1) is 0 Å². The molecule has 24 heavy (non-hydrogen) atoms. The smallest absolute Gasteiger partial charge is 0.00994 e. The second-order valence-corrected chi connectivity index (χ2v) is 5.86. The van der Waals surface area contributed by atoms with Crippen LogP contribution in [0, 0.1) is 0 Å². The molecule has 0 amide bonds. The summed E-state index contributed by atoms with van der Waals surface area (Å²) in [4.78, 5) is 0. The summed E-state index contributed by atoms with van der Waals surface area (Å²) in [5.41, 5.74) is 5.00. The van der Waals surface area contributed by atoms with Crippen molar-refractivity contribution < 1.29 is 0 Å². The molecule has 4 aromatic carbocycles. The molecular weight excluding hydrogens is 288 g/mol. The third-order valence-electron chi connectivity index (χ3n) is 4.30. The van der Waals surface area contributed by atoms with Crippen molar-refractivity contribution in [1.82, 2.24) is 0 Å². The Balaban J connectivity index is 1.83. The molecule has 0 saturated carbocycles. The molecule has 0 spiro atoms. The van der Waals surface area contributed by atoms with Gasteiger partial charge >= 0.3 is 0 Å². The monoisotopic (exact) mass is 306 g/mol. The van der Waals surface area contributed by atoms with Crippen LogP contribution in [0.4, 0.5) is 0 Å². The van der Waals surface area contributed by atoms with Gasteiger partial charge in [0, 0.05) is 0 Å². The first-order chi connectivity index (χ1) is 11.9. The zero-order valence-corrected chi connectivity index (χ0v) is 13.4. The molecule has 0 aliphatic rings. The van der Waals surface area contributed by atoms with Crippen molar-refractivity contribution in [2.24, 2.45) is 0 Å². The minimum Gasteiger partial charge on any atom is -0.0622 e. The van der Waals surface area contributed by atoms with Crippen LogP contribution < -0.4 is 0 Å². The predicted octanol–water partition coefficient (Wildman–Crippen LogP) is 6.68. The average Bonchev–Trinajstić information content (AvgIpc) is 2.67. The minimum atomic E-state index is 1.22. The topological polar surface area (TPSA) is 0 Å². The van der Waals surface area contributed by atoms with E-state index in [0.29, 0.717) is 0 Å². The van der Waals surface area contributed by atoms with Crippen molar-refractivity contribution in [1.29, 1.82) is 0 Å². The largest absolute Gasteiger partial charge is 0.0622 e. The van der Waals surface area contributed by atoms with Gasteiger partial charge in [0.15, 0.2) is 0 Å². The zero-order valence-electron chi connectivity index (χ0n) is 13.4. The summed E-state index contributed by atoms with van der Waals surface area (Å²) in [6, 6.07) is 34.1. The second kappa shape index (κ2) is 6.55. The lowest BCUT2D eigenvalue weighted by molar-refractivity contribution is 1.64. The molecular formula is C24H18. The second-order valence-electron chi connectivity index (χ2n) is 5.86. The highest BCUT2D eigenvalue weighted by Crippen LogP contribution is 2.31. The summed E-state index contributed by atoms with van der Waals surface area (Å²) in [5, 5.41) is 2.57. The van der Waals surface area contributed by atoms with Crippen molar-refractivity contribution in [2.45, 2.75) is 0 Å². The van der Waals surface area contributed by atoms with Crippen LogP contribution in [0.25, 0.3) is 34.1 Å². The maximum Gasteiger partial charge on any atom is -0.00994 e. The van der Waals surface area contributed by atoms with E-state index < -0.39 is 0 Å². The fraction of sp³-hybridized carbons (Fsp3) is 0. The molecule has 0 aromatic heterocycles. The fourth-order valence-electron chi connectivity index (χ4n) is 3.09. The van der Waals surface area contributed by atoms with Crippen LogP contribution in [0.5, 0.6) is 0 Å². The first-order valence-electron chi connectivity index (χ1n) is 8.22. The maximum absolute atomic E-state index is 2.22. The van der Waals surface area contributed by atoms with E-state index in [1.54, 1.807) is 0 Å². The van der Waals surface area contributed by atoms with Gasteiger partial charge in [0.25, 0.3) is 0 Å². The van der Waals surface area contributed by atoms with Crippen LogP contribution in [0.1, 0.15) is 11.1 Å². The van der Waals surface area contributed by atoms with E-state index in [1.165, 1.54) is 33.0 Å². The summed E-state index contributed by atoms with van der Waals surface area (Å²) >= 11 is 0. The molecule has 0 atom stereocenters. The van der Waals surface area contributed by atoms with E-state index in [2.05, 4.69) is 103 Å². The summed E-state index contributed by atoms with van der Waals surface area (Å²) in [7, 11) is 0. The van der Waals surface area contributed by atoms with E-state index in [-0.39, 0.29) is 0 Å². The molecule has 0 N–H and O–H groups in total. The van der Waals surface area contributed by atoms with Crippen molar-refractivity contribution in [2.75, 3.05) is 0 Å². The predicted molar refractivity (Wildman–Crippen MR) is 105 cm³/mol. The average molecular weight is 306 g/mol. The van der Waals surface area contributed by atoms with Gasteiger partial charge in [0.1, 0.15) is 0 Å². The molecule has 0 aliphatic heterocycles. The van der Waals surface area contributed by atoms with E-state index in [4.69, 9.17) is 0 Å². The van der Waals surface area contributed by atoms with Crippen LogP contribution >= 0.6 is 0 Å². The van der Waals surface area contributed by atoms with Crippen LogP contribution in [-0.2, 0) is 0 Å². The number of fused-ring (bicyclic) bond motifs is 1. The van der Waals surface area contributed by atoms with Crippen molar-refractivity contribution in [3.63, 3.8) is 0 Å².